The van der Waals surface area contributed by atoms with Crippen LogP contribution in [0, 0.1) is 5.82 Å². The summed E-state index contributed by atoms with van der Waals surface area (Å²) in [5.41, 5.74) is 1.48. The molecule has 2 aromatic rings. The third kappa shape index (κ3) is 4.20. The zero-order valence-corrected chi connectivity index (χ0v) is 12.3. The zero-order chi connectivity index (χ0) is 14.5. The van der Waals surface area contributed by atoms with Crippen molar-refractivity contribution in [2.24, 2.45) is 0 Å². The molecule has 0 spiro atoms. The SMILES string of the molecule is CC[C@@H](C)Sc1nc(Cc2ccc(F)cc2)cc(=O)[nH]1. The summed E-state index contributed by atoms with van der Waals surface area (Å²) in [4.78, 5) is 18.9. The summed E-state index contributed by atoms with van der Waals surface area (Å²) >= 11 is 1.56. The maximum atomic E-state index is 12.9. The van der Waals surface area contributed by atoms with Crippen LogP contribution in [0.25, 0.3) is 0 Å². The fourth-order valence-corrected chi connectivity index (χ4v) is 2.59. The molecule has 1 atom stereocenters. The molecule has 0 radical (unpaired) electrons. The van der Waals surface area contributed by atoms with Gasteiger partial charge in [-0.15, -0.1) is 0 Å². The van der Waals surface area contributed by atoms with E-state index in [4.69, 9.17) is 0 Å². The van der Waals surface area contributed by atoms with Crippen molar-refractivity contribution >= 4 is 11.8 Å². The summed E-state index contributed by atoms with van der Waals surface area (Å²) in [5, 5.41) is 1.04. The van der Waals surface area contributed by atoms with Crippen molar-refractivity contribution in [3.8, 4) is 0 Å². The fraction of sp³-hybridized carbons (Fsp3) is 0.333. The zero-order valence-electron chi connectivity index (χ0n) is 11.5. The quantitative estimate of drug-likeness (QED) is 0.678. The summed E-state index contributed by atoms with van der Waals surface area (Å²) in [7, 11) is 0. The Hall–Kier alpha value is -1.62. The number of thioether (sulfide) groups is 1. The smallest absolute Gasteiger partial charge is 0.251 e. The molecule has 0 bridgehead atoms. The van der Waals surface area contributed by atoms with E-state index in [1.807, 2.05) is 0 Å². The number of halogens is 1. The molecule has 0 amide bonds. The molecule has 0 aliphatic carbocycles. The molecule has 1 N–H and O–H groups in total. The number of rotatable bonds is 5. The number of nitrogens with zero attached hydrogens (tertiary/aromatic N) is 1. The molecular formula is C15H17FN2OS. The van der Waals surface area contributed by atoms with Gasteiger partial charge in [0.1, 0.15) is 5.82 Å². The first-order valence-electron chi connectivity index (χ1n) is 6.58. The first kappa shape index (κ1) is 14.8. The van der Waals surface area contributed by atoms with E-state index in [1.165, 1.54) is 18.2 Å². The van der Waals surface area contributed by atoms with E-state index in [-0.39, 0.29) is 11.4 Å². The Morgan fingerprint density at radius 3 is 2.70 bits per heavy atom. The summed E-state index contributed by atoms with van der Waals surface area (Å²) < 4.78 is 12.9. The van der Waals surface area contributed by atoms with Crippen LogP contribution < -0.4 is 5.56 Å². The average molecular weight is 292 g/mol. The Kier molecular flexibility index (Phi) is 4.95. The maximum absolute atomic E-state index is 12.9. The van der Waals surface area contributed by atoms with Gasteiger partial charge in [-0.25, -0.2) is 9.37 Å². The van der Waals surface area contributed by atoms with Gasteiger partial charge < -0.3 is 4.98 Å². The van der Waals surface area contributed by atoms with Gasteiger partial charge in [-0.1, -0.05) is 37.7 Å². The molecule has 20 heavy (non-hydrogen) atoms. The molecule has 3 nitrogen and oxygen atoms in total. The van der Waals surface area contributed by atoms with Crippen molar-refractivity contribution in [2.75, 3.05) is 0 Å². The van der Waals surface area contributed by atoms with E-state index in [0.29, 0.717) is 22.5 Å². The topological polar surface area (TPSA) is 45.8 Å². The normalized spacial score (nSPS) is 12.3. The van der Waals surface area contributed by atoms with Gasteiger partial charge >= 0.3 is 0 Å². The highest BCUT2D eigenvalue weighted by atomic mass is 32.2. The second kappa shape index (κ2) is 6.70. The largest absolute Gasteiger partial charge is 0.301 e. The van der Waals surface area contributed by atoms with Gasteiger partial charge in [0.05, 0.1) is 5.69 Å². The molecule has 0 unspecified atom stereocenters. The van der Waals surface area contributed by atoms with Crippen LogP contribution in [0.2, 0.25) is 0 Å². The summed E-state index contributed by atoms with van der Waals surface area (Å²) in [6.45, 7) is 4.19. The Labute approximate surface area is 121 Å². The standard InChI is InChI=1S/C15H17FN2OS/c1-3-10(2)20-15-17-13(9-14(19)18-15)8-11-4-6-12(16)7-5-11/h4-7,9-10H,3,8H2,1-2H3,(H,17,18,19)/t10-/m1/s1. The minimum atomic E-state index is -0.263. The Bertz CT molecular complexity index is 625. The Morgan fingerprint density at radius 1 is 1.35 bits per heavy atom. The summed E-state index contributed by atoms with van der Waals surface area (Å²) in [6, 6.07) is 7.73. The summed E-state index contributed by atoms with van der Waals surface area (Å²) in [6.07, 6.45) is 1.54. The molecule has 5 heteroatoms. The van der Waals surface area contributed by atoms with Gasteiger partial charge in [0.15, 0.2) is 5.16 Å². The average Bonchev–Trinajstić information content (AvgIpc) is 2.40. The predicted molar refractivity (Wildman–Crippen MR) is 79.7 cm³/mol. The van der Waals surface area contributed by atoms with Crippen LogP contribution in [-0.2, 0) is 6.42 Å². The molecule has 1 aromatic carbocycles. The molecule has 0 aliphatic rings. The minimum absolute atomic E-state index is 0.150. The van der Waals surface area contributed by atoms with Crippen LogP contribution in [-0.4, -0.2) is 15.2 Å². The molecule has 0 aliphatic heterocycles. The predicted octanol–water partition coefficient (Wildman–Crippen LogP) is 3.39. The molecule has 106 valence electrons. The molecular weight excluding hydrogens is 275 g/mol. The summed E-state index contributed by atoms with van der Waals surface area (Å²) in [5.74, 6) is -0.263. The monoisotopic (exact) mass is 292 g/mol. The van der Waals surface area contributed by atoms with Gasteiger partial charge in [0.2, 0.25) is 0 Å². The third-order valence-corrected chi connectivity index (χ3v) is 4.11. The van der Waals surface area contributed by atoms with E-state index < -0.39 is 0 Å². The number of aromatic amines is 1. The van der Waals surface area contributed by atoms with Gasteiger partial charge in [-0.2, -0.15) is 0 Å². The third-order valence-electron chi connectivity index (χ3n) is 2.96. The lowest BCUT2D eigenvalue weighted by atomic mass is 10.1. The van der Waals surface area contributed by atoms with Crippen LogP contribution in [0.15, 0.2) is 40.3 Å². The van der Waals surface area contributed by atoms with Crippen molar-refractivity contribution in [1.82, 2.24) is 9.97 Å². The van der Waals surface area contributed by atoms with E-state index in [1.54, 1.807) is 23.9 Å². The second-order valence-electron chi connectivity index (χ2n) is 4.68. The second-order valence-corrected chi connectivity index (χ2v) is 6.11. The van der Waals surface area contributed by atoms with E-state index in [2.05, 4.69) is 23.8 Å². The molecule has 0 saturated carbocycles. The lowest BCUT2D eigenvalue weighted by molar-refractivity contribution is 0.627. The van der Waals surface area contributed by atoms with Crippen molar-refractivity contribution in [2.45, 2.75) is 37.1 Å². The van der Waals surface area contributed by atoms with E-state index in [9.17, 15) is 9.18 Å². The van der Waals surface area contributed by atoms with Crippen LogP contribution >= 0.6 is 11.8 Å². The number of hydrogen-bond acceptors (Lipinski definition) is 3. The van der Waals surface area contributed by atoms with Crippen molar-refractivity contribution in [3.05, 3.63) is 57.8 Å². The van der Waals surface area contributed by atoms with Crippen LogP contribution in [0.3, 0.4) is 0 Å². The van der Waals surface area contributed by atoms with Gasteiger partial charge in [-0.05, 0) is 24.1 Å². The van der Waals surface area contributed by atoms with Crippen LogP contribution in [0.1, 0.15) is 31.5 Å². The number of aromatic nitrogens is 2. The van der Waals surface area contributed by atoms with Crippen LogP contribution in [0.5, 0.6) is 0 Å². The highest BCUT2D eigenvalue weighted by molar-refractivity contribution is 7.99. The first-order chi connectivity index (χ1) is 9.56. The van der Waals surface area contributed by atoms with Gasteiger partial charge in [0, 0.05) is 17.7 Å². The lowest BCUT2D eigenvalue weighted by Crippen LogP contribution is -2.11. The molecule has 0 saturated heterocycles. The fourth-order valence-electron chi connectivity index (χ4n) is 1.72. The van der Waals surface area contributed by atoms with Crippen LogP contribution in [0.4, 0.5) is 4.39 Å². The van der Waals surface area contributed by atoms with E-state index >= 15 is 0 Å². The molecule has 1 aromatic heterocycles. The molecule has 1 heterocycles. The van der Waals surface area contributed by atoms with E-state index in [0.717, 1.165) is 12.0 Å². The van der Waals surface area contributed by atoms with Crippen molar-refractivity contribution < 1.29 is 4.39 Å². The number of hydrogen-bond donors (Lipinski definition) is 1. The number of nitrogens with one attached hydrogen (secondary N) is 1. The number of benzene rings is 1. The lowest BCUT2D eigenvalue weighted by Gasteiger charge is -2.08. The van der Waals surface area contributed by atoms with Gasteiger partial charge in [0.25, 0.3) is 5.56 Å². The highest BCUT2D eigenvalue weighted by Crippen LogP contribution is 2.20. The van der Waals surface area contributed by atoms with Gasteiger partial charge in [-0.3, -0.25) is 4.79 Å². The van der Waals surface area contributed by atoms with Crippen molar-refractivity contribution in [3.63, 3.8) is 0 Å². The minimum Gasteiger partial charge on any atom is -0.301 e. The van der Waals surface area contributed by atoms with Crippen molar-refractivity contribution in [1.29, 1.82) is 0 Å². The number of H-pyrrole nitrogens is 1. The molecule has 0 fully saturated rings. The Balaban J connectivity index is 2.19. The highest BCUT2D eigenvalue weighted by Gasteiger charge is 2.07. The molecule has 2 rings (SSSR count). The maximum Gasteiger partial charge on any atom is 0.251 e. The first-order valence-corrected chi connectivity index (χ1v) is 7.46. The Morgan fingerprint density at radius 2 is 2.05 bits per heavy atom.